The number of benzene rings is 1. The number of halogens is 2. The van der Waals surface area contributed by atoms with Crippen LogP contribution in [0.15, 0.2) is 18.2 Å². The SMILES string of the molecule is CCN(CC(=O)OC)C(=O)COc1ccc(F)cc1Cl. The first kappa shape index (κ1) is 16.2. The molecule has 0 heterocycles. The molecule has 0 aliphatic carbocycles. The van der Waals surface area contributed by atoms with Gasteiger partial charge in [-0.2, -0.15) is 0 Å². The zero-order valence-electron chi connectivity index (χ0n) is 11.2. The maximum absolute atomic E-state index is 12.8. The lowest BCUT2D eigenvalue weighted by molar-refractivity contribution is -0.147. The molecule has 0 aromatic heterocycles. The van der Waals surface area contributed by atoms with Crippen LogP contribution in [0.4, 0.5) is 4.39 Å². The Balaban J connectivity index is 2.58. The van der Waals surface area contributed by atoms with Crippen LogP contribution in [0.3, 0.4) is 0 Å². The lowest BCUT2D eigenvalue weighted by Gasteiger charge is -2.19. The summed E-state index contributed by atoms with van der Waals surface area (Å²) in [6.07, 6.45) is 0. The molecular weight excluding hydrogens is 289 g/mol. The van der Waals surface area contributed by atoms with Gasteiger partial charge in [-0.25, -0.2) is 4.39 Å². The molecule has 110 valence electrons. The average molecular weight is 304 g/mol. The second-order valence-corrected chi connectivity index (χ2v) is 4.25. The van der Waals surface area contributed by atoms with Gasteiger partial charge in [0.25, 0.3) is 5.91 Å². The van der Waals surface area contributed by atoms with E-state index in [9.17, 15) is 14.0 Å². The van der Waals surface area contributed by atoms with E-state index < -0.39 is 17.7 Å². The quantitative estimate of drug-likeness (QED) is 0.753. The van der Waals surface area contributed by atoms with E-state index >= 15 is 0 Å². The van der Waals surface area contributed by atoms with E-state index in [0.29, 0.717) is 6.54 Å². The van der Waals surface area contributed by atoms with Gasteiger partial charge in [0.1, 0.15) is 18.1 Å². The topological polar surface area (TPSA) is 55.8 Å². The van der Waals surface area contributed by atoms with Crippen molar-refractivity contribution in [1.29, 1.82) is 0 Å². The second-order valence-electron chi connectivity index (χ2n) is 3.85. The molecule has 20 heavy (non-hydrogen) atoms. The standard InChI is InChI=1S/C13H15ClFNO4/c1-3-16(7-13(18)19-2)12(17)8-20-11-5-4-9(15)6-10(11)14/h4-6H,3,7-8H2,1-2H3. The molecule has 0 aliphatic heterocycles. The smallest absolute Gasteiger partial charge is 0.325 e. The number of rotatable bonds is 6. The van der Waals surface area contributed by atoms with E-state index in [1.807, 2.05) is 0 Å². The summed E-state index contributed by atoms with van der Waals surface area (Å²) in [5, 5.41) is 0.0776. The predicted molar refractivity (Wildman–Crippen MR) is 71.2 cm³/mol. The summed E-state index contributed by atoms with van der Waals surface area (Å²) >= 11 is 5.77. The van der Waals surface area contributed by atoms with E-state index in [1.165, 1.54) is 24.1 Å². The molecule has 0 bridgehead atoms. The third-order valence-electron chi connectivity index (χ3n) is 2.53. The van der Waals surface area contributed by atoms with Crippen molar-refractivity contribution in [1.82, 2.24) is 4.90 Å². The fourth-order valence-electron chi connectivity index (χ4n) is 1.42. The third-order valence-corrected chi connectivity index (χ3v) is 2.82. The Bertz CT molecular complexity index is 495. The third kappa shape index (κ3) is 4.70. The zero-order chi connectivity index (χ0) is 15.1. The van der Waals surface area contributed by atoms with Gasteiger partial charge in [-0.1, -0.05) is 11.6 Å². The van der Waals surface area contributed by atoms with Crippen molar-refractivity contribution in [3.05, 3.63) is 29.0 Å². The number of amides is 1. The summed E-state index contributed by atoms with van der Waals surface area (Å²) in [7, 11) is 1.25. The molecule has 0 N–H and O–H groups in total. The van der Waals surface area contributed by atoms with Gasteiger partial charge in [0.15, 0.2) is 6.61 Å². The largest absolute Gasteiger partial charge is 0.482 e. The van der Waals surface area contributed by atoms with Crippen LogP contribution in [-0.4, -0.2) is 43.6 Å². The number of ether oxygens (including phenoxy) is 2. The number of hydrogen-bond donors (Lipinski definition) is 0. The van der Waals surface area contributed by atoms with Gasteiger partial charge in [0.05, 0.1) is 12.1 Å². The van der Waals surface area contributed by atoms with E-state index in [0.717, 1.165) is 6.07 Å². The Morgan fingerprint density at radius 2 is 2.10 bits per heavy atom. The Morgan fingerprint density at radius 1 is 1.40 bits per heavy atom. The number of carbonyl (C=O) groups is 2. The molecule has 0 saturated carbocycles. The molecule has 0 unspecified atom stereocenters. The Labute approximate surface area is 121 Å². The monoisotopic (exact) mass is 303 g/mol. The number of hydrogen-bond acceptors (Lipinski definition) is 4. The van der Waals surface area contributed by atoms with Crippen LogP contribution in [-0.2, 0) is 14.3 Å². The number of methoxy groups -OCH3 is 1. The van der Waals surface area contributed by atoms with Gasteiger partial charge in [-0.15, -0.1) is 0 Å². The molecular formula is C13H15ClFNO4. The molecule has 0 fully saturated rings. The molecule has 1 aromatic carbocycles. The van der Waals surface area contributed by atoms with Gasteiger partial charge >= 0.3 is 5.97 Å². The summed E-state index contributed by atoms with van der Waals surface area (Å²) in [5.41, 5.74) is 0. The van der Waals surface area contributed by atoms with Crippen molar-refractivity contribution in [3.8, 4) is 5.75 Å². The van der Waals surface area contributed by atoms with Crippen LogP contribution in [0.1, 0.15) is 6.92 Å². The lowest BCUT2D eigenvalue weighted by Crippen LogP contribution is -2.38. The molecule has 1 rings (SSSR count). The Kier molecular flexibility index (Phi) is 6.24. The Morgan fingerprint density at radius 3 is 2.65 bits per heavy atom. The van der Waals surface area contributed by atoms with Gasteiger partial charge in [-0.05, 0) is 25.1 Å². The molecule has 0 saturated heterocycles. The molecule has 0 aliphatic rings. The first-order chi connectivity index (χ1) is 9.47. The first-order valence-corrected chi connectivity index (χ1v) is 6.28. The van der Waals surface area contributed by atoms with Crippen molar-refractivity contribution in [2.75, 3.05) is 26.8 Å². The highest BCUT2D eigenvalue weighted by atomic mass is 35.5. The first-order valence-electron chi connectivity index (χ1n) is 5.90. The van der Waals surface area contributed by atoms with Crippen molar-refractivity contribution in [2.24, 2.45) is 0 Å². The Hall–Kier alpha value is -1.82. The number of carbonyl (C=O) groups excluding carboxylic acids is 2. The van der Waals surface area contributed by atoms with Crippen molar-refractivity contribution >= 4 is 23.5 Å². The summed E-state index contributed by atoms with van der Waals surface area (Å²) < 4.78 is 22.5. The van der Waals surface area contributed by atoms with E-state index in [-0.39, 0.29) is 23.9 Å². The highest BCUT2D eigenvalue weighted by Crippen LogP contribution is 2.24. The van der Waals surface area contributed by atoms with Gasteiger partial charge in [0.2, 0.25) is 0 Å². The summed E-state index contributed by atoms with van der Waals surface area (Å²) in [5.74, 6) is -1.19. The van der Waals surface area contributed by atoms with E-state index in [4.69, 9.17) is 16.3 Å². The highest BCUT2D eigenvalue weighted by molar-refractivity contribution is 6.32. The minimum atomic E-state index is -0.514. The summed E-state index contributed by atoms with van der Waals surface area (Å²) in [6, 6.07) is 3.60. The number of esters is 1. The van der Waals surface area contributed by atoms with E-state index in [1.54, 1.807) is 6.92 Å². The van der Waals surface area contributed by atoms with Crippen LogP contribution in [0.25, 0.3) is 0 Å². The molecule has 0 spiro atoms. The molecule has 1 aromatic rings. The minimum Gasteiger partial charge on any atom is -0.482 e. The zero-order valence-corrected chi connectivity index (χ0v) is 11.9. The highest BCUT2D eigenvalue weighted by Gasteiger charge is 2.16. The van der Waals surface area contributed by atoms with Crippen LogP contribution in [0.5, 0.6) is 5.75 Å². The van der Waals surface area contributed by atoms with Gasteiger partial charge in [0, 0.05) is 6.54 Å². The number of likely N-dealkylation sites (N-methyl/N-ethyl adjacent to an activating group) is 1. The van der Waals surface area contributed by atoms with Crippen LogP contribution in [0, 0.1) is 5.82 Å². The van der Waals surface area contributed by atoms with E-state index in [2.05, 4.69) is 4.74 Å². The van der Waals surface area contributed by atoms with Crippen molar-refractivity contribution in [2.45, 2.75) is 6.92 Å². The van der Waals surface area contributed by atoms with Crippen molar-refractivity contribution in [3.63, 3.8) is 0 Å². The second kappa shape index (κ2) is 7.69. The fourth-order valence-corrected chi connectivity index (χ4v) is 1.64. The lowest BCUT2D eigenvalue weighted by atomic mass is 10.3. The molecule has 5 nitrogen and oxygen atoms in total. The van der Waals surface area contributed by atoms with Gasteiger partial charge < -0.3 is 14.4 Å². The normalized spacial score (nSPS) is 10.0. The molecule has 0 radical (unpaired) electrons. The van der Waals surface area contributed by atoms with Crippen molar-refractivity contribution < 1.29 is 23.5 Å². The molecule has 1 amide bonds. The predicted octanol–water partition coefficient (Wildman–Crippen LogP) is 1.88. The number of nitrogens with zero attached hydrogens (tertiary/aromatic N) is 1. The minimum absolute atomic E-state index is 0.0776. The maximum Gasteiger partial charge on any atom is 0.325 e. The van der Waals surface area contributed by atoms with Crippen LogP contribution >= 0.6 is 11.6 Å². The fraction of sp³-hybridized carbons (Fsp3) is 0.385. The van der Waals surface area contributed by atoms with Gasteiger partial charge in [-0.3, -0.25) is 9.59 Å². The average Bonchev–Trinajstić information content (AvgIpc) is 2.43. The molecule has 0 atom stereocenters. The summed E-state index contributed by atoms with van der Waals surface area (Å²) in [6.45, 7) is 1.63. The summed E-state index contributed by atoms with van der Waals surface area (Å²) in [4.78, 5) is 24.3. The van der Waals surface area contributed by atoms with Crippen LogP contribution in [0.2, 0.25) is 5.02 Å². The molecule has 7 heteroatoms. The maximum atomic E-state index is 12.8. The van der Waals surface area contributed by atoms with Crippen LogP contribution < -0.4 is 4.74 Å².